The van der Waals surface area contributed by atoms with Crippen LogP contribution in [0.5, 0.6) is 0 Å². The summed E-state index contributed by atoms with van der Waals surface area (Å²) in [5.74, 6) is 0. The maximum Gasteiger partial charge on any atom is 0.0939 e. The molecular formula is C22H20N2S2. The van der Waals surface area contributed by atoms with Crippen LogP contribution in [0.3, 0.4) is 0 Å². The third-order valence-electron chi connectivity index (χ3n) is 4.33. The van der Waals surface area contributed by atoms with Crippen molar-refractivity contribution in [3.8, 4) is 22.5 Å². The summed E-state index contributed by atoms with van der Waals surface area (Å²) in [5, 5.41) is 2.38. The van der Waals surface area contributed by atoms with E-state index in [9.17, 15) is 0 Å². The number of rotatable bonds is 5. The molecule has 0 fully saturated rings. The third-order valence-corrected chi connectivity index (χ3v) is 6.39. The van der Waals surface area contributed by atoms with Crippen molar-refractivity contribution >= 4 is 22.7 Å². The Kier molecular flexibility index (Phi) is 4.96. The molecule has 0 unspecified atom stereocenters. The second kappa shape index (κ2) is 7.52. The summed E-state index contributed by atoms with van der Waals surface area (Å²) >= 11 is 3.60. The Bertz CT molecular complexity index is 918. The summed E-state index contributed by atoms with van der Waals surface area (Å²) in [6.07, 6.45) is 1.89. The van der Waals surface area contributed by atoms with E-state index in [-0.39, 0.29) is 0 Å². The minimum Gasteiger partial charge on any atom is -0.241 e. The lowest BCUT2D eigenvalue weighted by atomic mass is 10.1. The maximum absolute atomic E-state index is 4.88. The topological polar surface area (TPSA) is 25.8 Å². The molecule has 2 nitrogen and oxygen atoms in total. The van der Waals surface area contributed by atoms with Gasteiger partial charge in [0.15, 0.2) is 0 Å². The molecule has 0 radical (unpaired) electrons. The van der Waals surface area contributed by atoms with Crippen LogP contribution in [0.2, 0.25) is 0 Å². The summed E-state index contributed by atoms with van der Waals surface area (Å²) < 4.78 is 0. The smallest absolute Gasteiger partial charge is 0.0939 e. The van der Waals surface area contributed by atoms with Crippen LogP contribution >= 0.6 is 22.7 Å². The van der Waals surface area contributed by atoms with Crippen LogP contribution in [0.25, 0.3) is 22.5 Å². The molecule has 0 atom stereocenters. The molecule has 4 heteroatoms. The van der Waals surface area contributed by atoms with Crippen molar-refractivity contribution in [2.75, 3.05) is 0 Å². The van der Waals surface area contributed by atoms with Crippen LogP contribution in [-0.2, 0) is 12.8 Å². The first-order chi connectivity index (χ1) is 12.7. The number of aryl methyl sites for hydroxylation is 4. The molecule has 26 heavy (non-hydrogen) atoms. The molecule has 2 aromatic carbocycles. The number of aromatic nitrogens is 2. The molecule has 0 aliphatic rings. The van der Waals surface area contributed by atoms with Gasteiger partial charge in [-0.25, -0.2) is 9.97 Å². The quantitative estimate of drug-likeness (QED) is 0.406. The van der Waals surface area contributed by atoms with Gasteiger partial charge in [-0.1, -0.05) is 60.7 Å². The number of hydrogen-bond acceptors (Lipinski definition) is 4. The molecule has 0 N–H and O–H groups in total. The molecule has 0 spiro atoms. The van der Waals surface area contributed by atoms with Gasteiger partial charge >= 0.3 is 0 Å². The fourth-order valence-electron chi connectivity index (χ4n) is 3.06. The lowest BCUT2D eigenvalue weighted by Gasteiger charge is -1.97. The predicted molar refractivity (Wildman–Crippen MR) is 112 cm³/mol. The highest BCUT2D eigenvalue weighted by atomic mass is 32.1. The van der Waals surface area contributed by atoms with E-state index < -0.39 is 0 Å². The number of thiazole rings is 2. The van der Waals surface area contributed by atoms with Crippen molar-refractivity contribution in [1.82, 2.24) is 9.97 Å². The zero-order chi connectivity index (χ0) is 17.9. The van der Waals surface area contributed by atoms with Crippen LogP contribution in [0.4, 0.5) is 0 Å². The van der Waals surface area contributed by atoms with Gasteiger partial charge in [-0.15, -0.1) is 22.7 Å². The molecule has 2 heterocycles. The molecule has 2 aromatic heterocycles. The van der Waals surface area contributed by atoms with Crippen molar-refractivity contribution in [2.45, 2.75) is 26.7 Å². The van der Waals surface area contributed by atoms with Gasteiger partial charge in [-0.05, 0) is 13.8 Å². The molecule has 0 aliphatic carbocycles. The summed E-state index contributed by atoms with van der Waals surface area (Å²) in [6.45, 7) is 4.31. The largest absolute Gasteiger partial charge is 0.241 e. The third kappa shape index (κ3) is 3.62. The van der Waals surface area contributed by atoms with E-state index in [1.165, 1.54) is 30.9 Å². The van der Waals surface area contributed by atoms with Gasteiger partial charge in [-0.3, -0.25) is 0 Å². The lowest BCUT2D eigenvalue weighted by molar-refractivity contribution is 0.932. The first-order valence-corrected chi connectivity index (χ1v) is 10.4. The van der Waals surface area contributed by atoms with E-state index in [4.69, 9.17) is 9.97 Å². The van der Waals surface area contributed by atoms with Crippen molar-refractivity contribution in [3.63, 3.8) is 0 Å². The summed E-state index contributed by atoms with van der Waals surface area (Å²) in [6, 6.07) is 20.9. The number of benzene rings is 2. The van der Waals surface area contributed by atoms with Crippen molar-refractivity contribution in [1.29, 1.82) is 0 Å². The van der Waals surface area contributed by atoms with E-state index in [0.29, 0.717) is 0 Å². The van der Waals surface area contributed by atoms with E-state index in [0.717, 1.165) is 24.2 Å². The minimum atomic E-state index is 0.944. The normalized spacial score (nSPS) is 11.0. The highest BCUT2D eigenvalue weighted by molar-refractivity contribution is 7.12. The SMILES string of the molecule is Cc1sc(CCc2nc(-c3ccccc3)c(C)s2)nc1-c1ccccc1. The minimum absolute atomic E-state index is 0.944. The first-order valence-electron chi connectivity index (χ1n) is 8.74. The monoisotopic (exact) mass is 376 g/mol. The van der Waals surface area contributed by atoms with E-state index in [1.54, 1.807) is 22.7 Å². The molecule has 0 aliphatic heterocycles. The second-order valence-corrected chi connectivity index (χ2v) is 8.83. The summed E-state index contributed by atoms with van der Waals surface area (Å²) in [7, 11) is 0. The lowest BCUT2D eigenvalue weighted by Crippen LogP contribution is -1.90. The summed E-state index contributed by atoms with van der Waals surface area (Å²) in [4.78, 5) is 12.3. The Morgan fingerprint density at radius 2 is 1.00 bits per heavy atom. The Hall–Kier alpha value is -2.30. The van der Waals surface area contributed by atoms with Crippen LogP contribution in [-0.4, -0.2) is 9.97 Å². The van der Waals surface area contributed by atoms with Crippen molar-refractivity contribution in [2.24, 2.45) is 0 Å². The molecular weight excluding hydrogens is 356 g/mol. The van der Waals surface area contributed by atoms with Gasteiger partial charge in [-0.2, -0.15) is 0 Å². The molecule has 4 aromatic rings. The fourth-order valence-corrected chi connectivity index (χ4v) is 4.97. The van der Waals surface area contributed by atoms with Gasteiger partial charge < -0.3 is 0 Å². The van der Waals surface area contributed by atoms with Crippen LogP contribution in [0.15, 0.2) is 60.7 Å². The fraction of sp³-hybridized carbons (Fsp3) is 0.182. The predicted octanol–water partition coefficient (Wildman–Crippen LogP) is 6.34. The first kappa shape index (κ1) is 17.1. The average molecular weight is 377 g/mol. The Balaban J connectivity index is 1.50. The molecule has 130 valence electrons. The van der Waals surface area contributed by atoms with E-state index in [1.807, 2.05) is 12.1 Å². The Morgan fingerprint density at radius 3 is 1.38 bits per heavy atom. The van der Waals surface area contributed by atoms with Gasteiger partial charge in [0, 0.05) is 33.7 Å². The van der Waals surface area contributed by atoms with Crippen LogP contribution < -0.4 is 0 Å². The number of nitrogens with zero attached hydrogens (tertiary/aromatic N) is 2. The highest BCUT2D eigenvalue weighted by Gasteiger charge is 2.13. The highest BCUT2D eigenvalue weighted by Crippen LogP contribution is 2.30. The second-order valence-electron chi connectivity index (χ2n) is 6.26. The van der Waals surface area contributed by atoms with Crippen LogP contribution in [0.1, 0.15) is 19.8 Å². The zero-order valence-electron chi connectivity index (χ0n) is 14.9. The average Bonchev–Trinajstić information content (AvgIpc) is 3.24. The molecule has 0 saturated heterocycles. The van der Waals surface area contributed by atoms with Gasteiger partial charge in [0.05, 0.1) is 21.4 Å². The molecule has 0 amide bonds. The van der Waals surface area contributed by atoms with Gasteiger partial charge in [0.1, 0.15) is 0 Å². The van der Waals surface area contributed by atoms with Gasteiger partial charge in [0.2, 0.25) is 0 Å². The van der Waals surface area contributed by atoms with E-state index in [2.05, 4.69) is 62.4 Å². The molecule has 0 bridgehead atoms. The molecule has 0 saturated carbocycles. The van der Waals surface area contributed by atoms with Gasteiger partial charge in [0.25, 0.3) is 0 Å². The van der Waals surface area contributed by atoms with Crippen molar-refractivity contribution < 1.29 is 0 Å². The Labute approximate surface area is 162 Å². The zero-order valence-corrected chi connectivity index (χ0v) is 16.5. The maximum atomic E-state index is 4.88. The Morgan fingerprint density at radius 1 is 0.615 bits per heavy atom. The number of hydrogen-bond donors (Lipinski definition) is 0. The van der Waals surface area contributed by atoms with Crippen LogP contribution in [0, 0.1) is 13.8 Å². The summed E-state index contributed by atoms with van der Waals surface area (Å²) in [5.41, 5.74) is 4.63. The molecule has 4 rings (SSSR count). The standard InChI is InChI=1S/C22H20N2S2/c1-15-21(17-9-5-3-6-10-17)23-19(25-15)13-14-20-24-22(16(2)26-20)18-11-7-4-8-12-18/h3-12H,13-14H2,1-2H3. The van der Waals surface area contributed by atoms with Crippen molar-refractivity contribution in [3.05, 3.63) is 80.4 Å². The van der Waals surface area contributed by atoms with E-state index >= 15 is 0 Å².